The van der Waals surface area contributed by atoms with Crippen LogP contribution in [0.1, 0.15) is 31.1 Å². The molecule has 3 amide bonds. The SMILES string of the molecule is NC(=O)c1ccccc1.NC(=O)c1ccccc1.NC(=O)c1ccccc1.c1ccc2c(c1)c1ccccc1c1ccccc21. The molecule has 0 aromatic heterocycles. The molecule has 0 unspecified atom stereocenters. The van der Waals surface area contributed by atoms with E-state index in [0.29, 0.717) is 16.7 Å². The van der Waals surface area contributed by atoms with E-state index in [2.05, 4.69) is 72.8 Å². The molecule has 0 radical (unpaired) electrons. The van der Waals surface area contributed by atoms with Crippen LogP contribution in [0.4, 0.5) is 0 Å². The van der Waals surface area contributed by atoms with Crippen LogP contribution in [0, 0.1) is 0 Å². The van der Waals surface area contributed by atoms with Crippen LogP contribution in [-0.4, -0.2) is 17.7 Å². The predicted octanol–water partition coefficient (Wildman–Crippen LogP) is 7.50. The molecule has 0 saturated carbocycles. The summed E-state index contributed by atoms with van der Waals surface area (Å²) in [5.41, 5.74) is 16.6. The van der Waals surface area contributed by atoms with E-state index < -0.39 is 0 Å². The zero-order valence-electron chi connectivity index (χ0n) is 24.5. The molecule has 222 valence electrons. The number of amides is 3. The third kappa shape index (κ3) is 8.63. The maximum absolute atomic E-state index is 10.4. The highest BCUT2D eigenvalue weighted by molar-refractivity contribution is 6.25. The van der Waals surface area contributed by atoms with Crippen LogP contribution < -0.4 is 17.2 Å². The molecule has 0 spiro atoms. The van der Waals surface area contributed by atoms with Gasteiger partial charge in [-0.1, -0.05) is 127 Å². The second-order valence-corrected chi connectivity index (χ2v) is 9.83. The molecule has 0 saturated heterocycles. The van der Waals surface area contributed by atoms with E-state index in [0.717, 1.165) is 0 Å². The van der Waals surface area contributed by atoms with Gasteiger partial charge < -0.3 is 17.2 Å². The van der Waals surface area contributed by atoms with Crippen molar-refractivity contribution in [1.82, 2.24) is 0 Å². The number of carbonyl (C=O) groups excluding carboxylic acids is 3. The van der Waals surface area contributed by atoms with Gasteiger partial charge >= 0.3 is 0 Å². The zero-order valence-corrected chi connectivity index (χ0v) is 24.5. The summed E-state index contributed by atoms with van der Waals surface area (Å²) in [6.45, 7) is 0. The van der Waals surface area contributed by atoms with Gasteiger partial charge in [0.2, 0.25) is 17.7 Å². The molecule has 7 aromatic rings. The average molecular weight is 592 g/mol. The number of primary amides is 3. The molecular weight excluding hydrogens is 558 g/mol. The second-order valence-electron chi connectivity index (χ2n) is 9.83. The third-order valence-corrected chi connectivity index (χ3v) is 6.83. The number of carbonyl (C=O) groups is 3. The minimum atomic E-state index is -0.379. The highest BCUT2D eigenvalue weighted by Crippen LogP contribution is 2.34. The van der Waals surface area contributed by atoms with E-state index in [1.54, 1.807) is 72.8 Å². The van der Waals surface area contributed by atoms with Crippen LogP contribution in [0.2, 0.25) is 0 Å². The number of nitrogens with two attached hydrogens (primary N) is 3. The fourth-order valence-electron chi connectivity index (χ4n) is 4.67. The molecule has 0 heterocycles. The van der Waals surface area contributed by atoms with E-state index in [1.165, 1.54) is 32.3 Å². The van der Waals surface area contributed by atoms with Gasteiger partial charge in [-0.15, -0.1) is 0 Å². The Morgan fingerprint density at radius 3 is 0.556 bits per heavy atom. The summed E-state index contributed by atoms with van der Waals surface area (Å²) in [5, 5.41) is 8.04. The largest absolute Gasteiger partial charge is 0.366 e. The molecule has 0 bridgehead atoms. The minimum absolute atomic E-state index is 0.379. The van der Waals surface area contributed by atoms with Crippen molar-refractivity contribution in [2.24, 2.45) is 17.2 Å². The van der Waals surface area contributed by atoms with Crippen molar-refractivity contribution in [2.45, 2.75) is 0 Å². The fourth-order valence-corrected chi connectivity index (χ4v) is 4.67. The lowest BCUT2D eigenvalue weighted by Gasteiger charge is -2.09. The molecular formula is C39H33N3O3. The number of hydrogen-bond acceptors (Lipinski definition) is 3. The van der Waals surface area contributed by atoms with Crippen molar-refractivity contribution in [1.29, 1.82) is 0 Å². The van der Waals surface area contributed by atoms with Crippen molar-refractivity contribution in [3.8, 4) is 0 Å². The summed E-state index contributed by atoms with van der Waals surface area (Å²) in [6, 6.07) is 52.2. The lowest BCUT2D eigenvalue weighted by molar-refractivity contribution is 0.0992. The summed E-state index contributed by atoms with van der Waals surface area (Å²) >= 11 is 0. The molecule has 0 aliphatic heterocycles. The maximum Gasteiger partial charge on any atom is 0.248 e. The first-order chi connectivity index (χ1) is 21.9. The Balaban J connectivity index is 0.000000147. The highest BCUT2D eigenvalue weighted by Gasteiger charge is 2.06. The van der Waals surface area contributed by atoms with Gasteiger partial charge in [0.15, 0.2) is 0 Å². The number of rotatable bonds is 3. The van der Waals surface area contributed by atoms with Gasteiger partial charge in [-0.3, -0.25) is 14.4 Å². The van der Waals surface area contributed by atoms with Crippen molar-refractivity contribution >= 4 is 50.0 Å². The lowest BCUT2D eigenvalue weighted by atomic mass is 9.95. The van der Waals surface area contributed by atoms with Gasteiger partial charge in [-0.05, 0) is 68.7 Å². The Hall–Kier alpha value is -6.27. The van der Waals surface area contributed by atoms with E-state index >= 15 is 0 Å². The summed E-state index contributed by atoms with van der Waals surface area (Å²) < 4.78 is 0. The van der Waals surface area contributed by atoms with E-state index in [9.17, 15) is 14.4 Å². The third-order valence-electron chi connectivity index (χ3n) is 6.83. The van der Waals surface area contributed by atoms with Crippen LogP contribution in [0.5, 0.6) is 0 Å². The Kier molecular flexibility index (Phi) is 11.1. The van der Waals surface area contributed by atoms with Gasteiger partial charge in [0.1, 0.15) is 0 Å². The standard InChI is InChI=1S/C18H12.3C7H7NO/c1-2-8-14-13(7-1)15-9-3-4-11-17(15)18-12-6-5-10-16(14)18;3*8-7(9)6-4-2-1-3-5-6/h1-12H;3*1-5H,(H2,8,9). The minimum Gasteiger partial charge on any atom is -0.366 e. The van der Waals surface area contributed by atoms with Gasteiger partial charge in [-0.2, -0.15) is 0 Å². The molecule has 6 nitrogen and oxygen atoms in total. The maximum atomic E-state index is 10.4. The smallest absolute Gasteiger partial charge is 0.248 e. The zero-order chi connectivity index (χ0) is 32.0. The van der Waals surface area contributed by atoms with E-state index in [-0.39, 0.29) is 17.7 Å². The Morgan fingerprint density at radius 2 is 0.422 bits per heavy atom. The highest BCUT2D eigenvalue weighted by atomic mass is 16.1. The quantitative estimate of drug-likeness (QED) is 0.184. The monoisotopic (exact) mass is 591 g/mol. The Bertz CT molecular complexity index is 1690. The molecule has 45 heavy (non-hydrogen) atoms. The first-order valence-electron chi connectivity index (χ1n) is 14.2. The van der Waals surface area contributed by atoms with Crippen LogP contribution >= 0.6 is 0 Å². The molecule has 6 heteroatoms. The molecule has 0 atom stereocenters. The molecule has 7 aromatic carbocycles. The first-order valence-corrected chi connectivity index (χ1v) is 14.2. The molecule has 7 rings (SSSR count). The summed E-state index contributed by atoms with van der Waals surface area (Å²) in [6.07, 6.45) is 0. The summed E-state index contributed by atoms with van der Waals surface area (Å²) in [7, 11) is 0. The van der Waals surface area contributed by atoms with Crippen molar-refractivity contribution < 1.29 is 14.4 Å². The molecule has 0 fully saturated rings. The topological polar surface area (TPSA) is 129 Å². The summed E-state index contributed by atoms with van der Waals surface area (Å²) in [4.78, 5) is 31.3. The van der Waals surface area contributed by atoms with E-state index in [1.807, 2.05) is 18.2 Å². The van der Waals surface area contributed by atoms with Crippen LogP contribution in [0.25, 0.3) is 32.3 Å². The normalized spacial score (nSPS) is 9.87. The average Bonchev–Trinajstić information content (AvgIpc) is 3.10. The van der Waals surface area contributed by atoms with E-state index in [4.69, 9.17) is 17.2 Å². The number of hydrogen-bond donors (Lipinski definition) is 3. The Morgan fingerprint density at radius 1 is 0.267 bits per heavy atom. The van der Waals surface area contributed by atoms with Crippen LogP contribution in [0.3, 0.4) is 0 Å². The van der Waals surface area contributed by atoms with Crippen LogP contribution in [0.15, 0.2) is 164 Å². The molecule has 0 aliphatic rings. The summed E-state index contributed by atoms with van der Waals surface area (Å²) in [5.74, 6) is -1.14. The van der Waals surface area contributed by atoms with Gasteiger partial charge in [-0.25, -0.2) is 0 Å². The molecule has 0 aliphatic carbocycles. The van der Waals surface area contributed by atoms with Gasteiger partial charge in [0.25, 0.3) is 0 Å². The Labute approximate surface area is 261 Å². The predicted molar refractivity (Wildman–Crippen MR) is 184 cm³/mol. The van der Waals surface area contributed by atoms with Crippen molar-refractivity contribution in [3.05, 3.63) is 180 Å². The van der Waals surface area contributed by atoms with Gasteiger partial charge in [0.05, 0.1) is 0 Å². The van der Waals surface area contributed by atoms with Crippen molar-refractivity contribution in [3.63, 3.8) is 0 Å². The number of fused-ring (bicyclic) bond motifs is 6. The van der Waals surface area contributed by atoms with Gasteiger partial charge in [0, 0.05) is 16.7 Å². The first kappa shape index (κ1) is 31.7. The van der Waals surface area contributed by atoms with Crippen LogP contribution in [-0.2, 0) is 0 Å². The second kappa shape index (κ2) is 15.8. The lowest BCUT2D eigenvalue weighted by Crippen LogP contribution is -2.09. The fraction of sp³-hybridized carbons (Fsp3) is 0. The number of benzene rings is 7. The van der Waals surface area contributed by atoms with Crippen molar-refractivity contribution in [2.75, 3.05) is 0 Å². The molecule has 6 N–H and O–H groups in total.